The van der Waals surface area contributed by atoms with E-state index in [1.165, 1.54) is 128 Å². The molecule has 0 N–H and O–H groups in total. The van der Waals surface area contributed by atoms with Gasteiger partial charge >= 0.3 is 16.5 Å². The van der Waals surface area contributed by atoms with E-state index >= 15 is 0 Å². The fraction of sp³-hybridized carbons (Fsp3) is 0.949. The van der Waals surface area contributed by atoms with E-state index in [0.29, 0.717) is 30.1 Å². The first-order valence-electron chi connectivity index (χ1n) is 19.1. The average Bonchev–Trinajstić information content (AvgIpc) is 3.60. The number of hydrogen-bond acceptors (Lipinski definition) is 4. The molecule has 4 aliphatic carbocycles. The standard InChI is InChI=1S/C39H66N2O2.2BrH.Ni/c1-36(2,3)34-38(28-19-11-7-12-20-28,29-21-13-8-14-22-29)42-32(40-34)27-33-41-35(37(4,5)6)39(43-33,30-23-15-9-16-24-30)31-25-17-10-18-26-31;;;/h28-31,34-35H,7-27H2,1-6H3;2*1H;/q;;;+2/p-2/t34-,35-;;;/m1.../s1. The fourth-order valence-electron chi connectivity index (χ4n) is 11.2. The number of hydrogen-bond donors (Lipinski definition) is 0. The minimum Gasteiger partial charge on any atom is -1.00 e. The Hall–Kier alpha value is 0.394. The van der Waals surface area contributed by atoms with Gasteiger partial charge in [0.2, 0.25) is 0 Å². The Bertz CT molecular complexity index is 894. The summed E-state index contributed by atoms with van der Waals surface area (Å²) in [6, 6.07) is 0.422. The van der Waals surface area contributed by atoms with Gasteiger partial charge in [-0.05, 0) is 62.2 Å². The van der Waals surface area contributed by atoms with Crippen LogP contribution < -0.4 is 34.0 Å². The molecule has 6 aliphatic rings. The topological polar surface area (TPSA) is 43.2 Å². The molecule has 0 spiro atoms. The normalized spacial score (nSPS) is 29.7. The van der Waals surface area contributed by atoms with Crippen molar-refractivity contribution in [2.75, 3.05) is 0 Å². The number of ether oxygens (including phenoxy) is 2. The third-order valence-electron chi connectivity index (χ3n) is 12.9. The molecule has 0 saturated heterocycles. The van der Waals surface area contributed by atoms with Crippen molar-refractivity contribution in [3.63, 3.8) is 0 Å². The molecule has 0 unspecified atom stereocenters. The van der Waals surface area contributed by atoms with Crippen LogP contribution in [0.25, 0.3) is 0 Å². The van der Waals surface area contributed by atoms with Crippen LogP contribution in [0, 0.1) is 34.5 Å². The van der Waals surface area contributed by atoms with Crippen molar-refractivity contribution in [3.05, 3.63) is 0 Å². The van der Waals surface area contributed by atoms with Crippen LogP contribution in [0.1, 0.15) is 176 Å². The number of aliphatic imine (C=N–C) groups is 2. The van der Waals surface area contributed by atoms with Crippen molar-refractivity contribution in [2.24, 2.45) is 44.5 Å². The fourth-order valence-corrected chi connectivity index (χ4v) is 11.2. The molecular weight excluding hydrogens is 747 g/mol. The Balaban J connectivity index is 0.00000192. The first-order chi connectivity index (χ1) is 20.5. The quantitative estimate of drug-likeness (QED) is 0.360. The summed E-state index contributed by atoms with van der Waals surface area (Å²) in [5.74, 6) is 4.37. The van der Waals surface area contributed by atoms with Crippen molar-refractivity contribution in [1.82, 2.24) is 0 Å². The molecule has 4 fully saturated rings. The zero-order valence-electron chi connectivity index (χ0n) is 30.1. The van der Waals surface area contributed by atoms with E-state index in [1.807, 2.05) is 0 Å². The van der Waals surface area contributed by atoms with Crippen LogP contribution >= 0.6 is 0 Å². The predicted molar refractivity (Wildman–Crippen MR) is 180 cm³/mol. The monoisotopic (exact) mass is 810 g/mol. The molecule has 4 saturated carbocycles. The summed E-state index contributed by atoms with van der Waals surface area (Å²) >= 11 is 0. The molecule has 0 amide bonds. The van der Waals surface area contributed by atoms with Crippen LogP contribution in [0.4, 0.5) is 0 Å². The molecule has 46 heavy (non-hydrogen) atoms. The summed E-state index contributed by atoms with van der Waals surface area (Å²) in [4.78, 5) is 11.2. The second-order valence-corrected chi connectivity index (χ2v) is 18.0. The van der Waals surface area contributed by atoms with E-state index < -0.39 is 0 Å². The summed E-state index contributed by atoms with van der Waals surface area (Å²) in [6.07, 6.45) is 27.4. The van der Waals surface area contributed by atoms with Crippen molar-refractivity contribution in [1.29, 1.82) is 0 Å². The van der Waals surface area contributed by atoms with E-state index in [2.05, 4.69) is 41.5 Å². The summed E-state index contributed by atoms with van der Waals surface area (Å²) in [6.45, 7) is 14.5. The van der Waals surface area contributed by atoms with Gasteiger partial charge in [0.1, 0.15) is 11.2 Å². The summed E-state index contributed by atoms with van der Waals surface area (Å²) in [7, 11) is 0. The Kier molecular flexibility index (Phi) is 14.7. The van der Waals surface area contributed by atoms with Gasteiger partial charge in [0.25, 0.3) is 0 Å². The van der Waals surface area contributed by atoms with Crippen LogP contribution in [0.5, 0.6) is 0 Å². The second-order valence-electron chi connectivity index (χ2n) is 18.0. The van der Waals surface area contributed by atoms with E-state index in [4.69, 9.17) is 19.5 Å². The zero-order valence-corrected chi connectivity index (χ0v) is 34.3. The Morgan fingerprint density at radius 2 is 0.717 bits per heavy atom. The van der Waals surface area contributed by atoms with Gasteiger partial charge in [-0.2, -0.15) is 0 Å². The number of halogens is 2. The van der Waals surface area contributed by atoms with Gasteiger partial charge in [0.15, 0.2) is 11.8 Å². The van der Waals surface area contributed by atoms with Crippen molar-refractivity contribution >= 4 is 11.8 Å². The maximum atomic E-state index is 7.50. The summed E-state index contributed by atoms with van der Waals surface area (Å²) in [5.41, 5.74) is -0.171. The summed E-state index contributed by atoms with van der Waals surface area (Å²) < 4.78 is 15.0. The van der Waals surface area contributed by atoms with Crippen LogP contribution in [0.2, 0.25) is 0 Å². The molecule has 7 heteroatoms. The van der Waals surface area contributed by atoms with Gasteiger partial charge < -0.3 is 43.4 Å². The predicted octanol–water partition coefficient (Wildman–Crippen LogP) is 4.87. The van der Waals surface area contributed by atoms with E-state index in [1.54, 1.807) is 0 Å². The van der Waals surface area contributed by atoms with Crippen molar-refractivity contribution in [3.8, 4) is 0 Å². The van der Waals surface area contributed by atoms with Crippen LogP contribution in [0.15, 0.2) is 9.98 Å². The van der Waals surface area contributed by atoms with Gasteiger partial charge in [-0.1, -0.05) is 119 Å². The number of rotatable bonds is 6. The molecule has 2 atom stereocenters. The van der Waals surface area contributed by atoms with Gasteiger partial charge in [-0.15, -0.1) is 0 Å². The van der Waals surface area contributed by atoms with Gasteiger partial charge in [-0.25, -0.2) is 9.98 Å². The van der Waals surface area contributed by atoms with E-state index in [9.17, 15) is 0 Å². The van der Waals surface area contributed by atoms with Crippen LogP contribution in [-0.2, 0) is 26.0 Å². The minimum atomic E-state index is -0.152. The van der Waals surface area contributed by atoms with Crippen LogP contribution in [-0.4, -0.2) is 35.1 Å². The molecule has 0 bridgehead atoms. The minimum absolute atomic E-state index is 0. The van der Waals surface area contributed by atoms with Crippen molar-refractivity contribution in [2.45, 2.75) is 200 Å². The molecule has 4 nitrogen and oxygen atoms in total. The second kappa shape index (κ2) is 16.6. The van der Waals surface area contributed by atoms with E-state index in [0.717, 1.165) is 11.8 Å². The van der Waals surface area contributed by atoms with E-state index in [-0.39, 0.29) is 84.6 Å². The molecule has 0 aromatic rings. The molecule has 268 valence electrons. The van der Waals surface area contributed by atoms with Gasteiger partial charge in [0.05, 0.1) is 18.5 Å². The maximum absolute atomic E-state index is 7.50. The van der Waals surface area contributed by atoms with Gasteiger partial charge in [-0.3, -0.25) is 0 Å². The molecule has 2 heterocycles. The third kappa shape index (κ3) is 7.97. The summed E-state index contributed by atoms with van der Waals surface area (Å²) in [5, 5.41) is 0. The first-order valence-corrected chi connectivity index (χ1v) is 19.1. The molecule has 6 rings (SSSR count). The first kappa shape index (κ1) is 40.8. The molecular formula is C39H66Br2N2NiO2. The molecule has 0 aromatic heterocycles. The SMILES string of the molecule is CC(C)(C)[C@H]1N=C(CC2=N[C@H](C(C)(C)C)C(C3CCCCC3)(C3CCCCC3)O2)OC1(C1CCCCC1)C1CCCCC1.[Br-].[Br-].[Ni+2]. The third-order valence-corrected chi connectivity index (χ3v) is 12.9. The zero-order chi connectivity index (χ0) is 30.3. The smallest absolute Gasteiger partial charge is 1.00 e. The largest absolute Gasteiger partial charge is 2.00 e. The average molecular weight is 813 g/mol. The molecule has 2 aliphatic heterocycles. The molecule has 0 aromatic carbocycles. The molecule has 0 radical (unpaired) electrons. The van der Waals surface area contributed by atoms with Crippen molar-refractivity contribution < 1.29 is 59.9 Å². The number of nitrogens with zero attached hydrogens (tertiary/aromatic N) is 2. The Labute approximate surface area is 314 Å². The van der Waals surface area contributed by atoms with Gasteiger partial charge in [0, 0.05) is 23.7 Å². The Morgan fingerprint density at radius 1 is 0.478 bits per heavy atom. The maximum Gasteiger partial charge on any atom is 2.00 e. The van der Waals surface area contributed by atoms with Crippen LogP contribution in [0.3, 0.4) is 0 Å². The Morgan fingerprint density at radius 3 is 0.935 bits per heavy atom.